The third-order valence-electron chi connectivity index (χ3n) is 2.31. The van der Waals surface area contributed by atoms with Gasteiger partial charge < -0.3 is 0 Å². The van der Waals surface area contributed by atoms with Crippen molar-refractivity contribution in [2.24, 2.45) is 5.92 Å². The Balaban J connectivity index is 2.39. The van der Waals surface area contributed by atoms with E-state index in [1.807, 2.05) is 0 Å². The Bertz CT molecular complexity index is 214. The van der Waals surface area contributed by atoms with Crippen molar-refractivity contribution in [2.75, 3.05) is 5.75 Å². The highest BCUT2D eigenvalue weighted by Gasteiger charge is 2.20. The van der Waals surface area contributed by atoms with Gasteiger partial charge in [0.05, 0.1) is 5.75 Å². The van der Waals surface area contributed by atoms with Crippen molar-refractivity contribution in [3.8, 4) is 0 Å². The molecular formula is C8H14O3S. The summed E-state index contributed by atoms with van der Waals surface area (Å²) in [6, 6.07) is 0. The molecule has 2 radical (unpaired) electrons. The Morgan fingerprint density at radius 2 is 1.83 bits per heavy atom. The third-order valence-corrected chi connectivity index (χ3v) is 3.48. The maximum absolute atomic E-state index is 10.9. The van der Waals surface area contributed by atoms with E-state index in [2.05, 4.69) is 11.3 Å². The highest BCUT2D eigenvalue weighted by Crippen LogP contribution is 2.24. The van der Waals surface area contributed by atoms with E-state index in [-0.39, 0.29) is 11.7 Å². The van der Waals surface area contributed by atoms with E-state index in [9.17, 15) is 8.42 Å². The molecule has 0 amide bonds. The van der Waals surface area contributed by atoms with E-state index >= 15 is 0 Å². The summed E-state index contributed by atoms with van der Waals surface area (Å²) < 4.78 is 25.8. The Morgan fingerprint density at radius 1 is 1.25 bits per heavy atom. The molecule has 0 N–H and O–H groups in total. The van der Waals surface area contributed by atoms with E-state index in [0.29, 0.717) is 0 Å². The molecular weight excluding hydrogens is 176 g/mol. The lowest BCUT2D eigenvalue weighted by atomic mass is 9.91. The first-order valence-electron chi connectivity index (χ1n) is 4.25. The van der Waals surface area contributed by atoms with Gasteiger partial charge in [-0.25, -0.2) is 0 Å². The number of hydrogen-bond donors (Lipinski definition) is 0. The summed E-state index contributed by atoms with van der Waals surface area (Å²) in [6.07, 6.45) is 5.46. The molecule has 1 aliphatic rings. The second-order valence-corrected chi connectivity index (χ2v) is 4.97. The fourth-order valence-corrected chi connectivity index (χ4v) is 2.67. The fraction of sp³-hybridized carbons (Fsp3) is 0.875. The Labute approximate surface area is 74.2 Å². The SMILES string of the molecule is [CH]OS(=O)(=O)CC1CCCCC1. The van der Waals surface area contributed by atoms with Crippen LogP contribution in [-0.4, -0.2) is 14.2 Å². The molecule has 1 aliphatic carbocycles. The normalized spacial score (nSPS) is 21.1. The predicted molar refractivity (Wildman–Crippen MR) is 45.7 cm³/mol. The summed E-state index contributed by atoms with van der Waals surface area (Å²) in [4.78, 5) is 0. The highest BCUT2D eigenvalue weighted by molar-refractivity contribution is 7.86. The predicted octanol–water partition coefficient (Wildman–Crippen LogP) is 1.58. The molecule has 0 aliphatic heterocycles. The molecule has 1 rings (SSSR count). The van der Waals surface area contributed by atoms with Gasteiger partial charge >= 0.3 is 0 Å². The van der Waals surface area contributed by atoms with Crippen LogP contribution in [0.1, 0.15) is 32.1 Å². The van der Waals surface area contributed by atoms with Crippen molar-refractivity contribution in [3.63, 3.8) is 0 Å². The number of rotatable bonds is 3. The van der Waals surface area contributed by atoms with Crippen molar-refractivity contribution in [1.29, 1.82) is 0 Å². The summed E-state index contributed by atoms with van der Waals surface area (Å²) in [5.41, 5.74) is 0. The van der Waals surface area contributed by atoms with Gasteiger partial charge in [-0.2, -0.15) is 8.42 Å². The van der Waals surface area contributed by atoms with Crippen LogP contribution in [0.15, 0.2) is 0 Å². The maximum Gasteiger partial charge on any atom is 0.268 e. The Kier molecular flexibility index (Phi) is 3.53. The minimum atomic E-state index is -3.44. The van der Waals surface area contributed by atoms with Crippen molar-refractivity contribution >= 4 is 10.1 Å². The lowest BCUT2D eigenvalue weighted by Gasteiger charge is -2.20. The Hall–Kier alpha value is -0.0900. The summed E-state index contributed by atoms with van der Waals surface area (Å²) >= 11 is 0. The first-order chi connectivity index (χ1) is 5.64. The zero-order valence-corrected chi connectivity index (χ0v) is 7.85. The summed E-state index contributed by atoms with van der Waals surface area (Å²) in [5.74, 6) is 0.344. The van der Waals surface area contributed by atoms with Crippen LogP contribution >= 0.6 is 0 Å². The van der Waals surface area contributed by atoms with Crippen molar-refractivity contribution < 1.29 is 12.6 Å². The van der Waals surface area contributed by atoms with Gasteiger partial charge in [0, 0.05) is 0 Å². The van der Waals surface area contributed by atoms with Gasteiger partial charge in [-0.3, -0.25) is 4.18 Å². The van der Waals surface area contributed by atoms with Crippen LogP contribution < -0.4 is 0 Å². The topological polar surface area (TPSA) is 43.4 Å². The van der Waals surface area contributed by atoms with Gasteiger partial charge in [0.1, 0.15) is 7.11 Å². The smallest absolute Gasteiger partial charge is 0.261 e. The molecule has 0 saturated heterocycles. The van der Waals surface area contributed by atoms with Crippen LogP contribution in [-0.2, 0) is 14.3 Å². The van der Waals surface area contributed by atoms with Gasteiger partial charge in [0.15, 0.2) is 0 Å². The number of hydrogen-bond acceptors (Lipinski definition) is 3. The molecule has 0 atom stereocenters. The lowest BCUT2D eigenvalue weighted by Crippen LogP contribution is -2.18. The molecule has 70 valence electrons. The molecule has 0 unspecified atom stereocenters. The van der Waals surface area contributed by atoms with Crippen LogP contribution in [0.3, 0.4) is 0 Å². The van der Waals surface area contributed by atoms with Gasteiger partial charge in [-0.05, 0) is 18.8 Å². The molecule has 1 fully saturated rings. The van der Waals surface area contributed by atoms with Crippen LogP contribution in [0, 0.1) is 13.0 Å². The molecule has 12 heavy (non-hydrogen) atoms. The van der Waals surface area contributed by atoms with E-state index in [0.717, 1.165) is 25.7 Å². The molecule has 0 bridgehead atoms. The molecule has 3 nitrogen and oxygen atoms in total. The monoisotopic (exact) mass is 190 g/mol. The molecule has 0 aromatic heterocycles. The van der Waals surface area contributed by atoms with E-state index in [1.165, 1.54) is 6.42 Å². The minimum absolute atomic E-state index is 0.0868. The van der Waals surface area contributed by atoms with Crippen molar-refractivity contribution in [2.45, 2.75) is 32.1 Å². The largest absolute Gasteiger partial charge is 0.268 e. The second kappa shape index (κ2) is 4.23. The van der Waals surface area contributed by atoms with Gasteiger partial charge in [-0.15, -0.1) is 0 Å². The minimum Gasteiger partial charge on any atom is -0.261 e. The fourth-order valence-electron chi connectivity index (χ4n) is 1.68. The molecule has 0 spiro atoms. The van der Waals surface area contributed by atoms with Crippen LogP contribution in [0.2, 0.25) is 0 Å². The van der Waals surface area contributed by atoms with E-state index in [1.54, 1.807) is 0 Å². The summed E-state index contributed by atoms with van der Waals surface area (Å²) in [7, 11) is 1.19. The third kappa shape index (κ3) is 3.11. The van der Waals surface area contributed by atoms with Crippen LogP contribution in [0.4, 0.5) is 0 Å². The van der Waals surface area contributed by atoms with Crippen LogP contribution in [0.5, 0.6) is 0 Å². The molecule has 0 heterocycles. The van der Waals surface area contributed by atoms with Gasteiger partial charge in [-0.1, -0.05) is 19.3 Å². The average molecular weight is 190 g/mol. The van der Waals surface area contributed by atoms with E-state index < -0.39 is 10.1 Å². The molecule has 4 heteroatoms. The van der Waals surface area contributed by atoms with Gasteiger partial charge in [0.25, 0.3) is 10.1 Å². The van der Waals surface area contributed by atoms with Crippen LogP contribution in [0.25, 0.3) is 0 Å². The zero-order chi connectivity index (χ0) is 9.03. The summed E-state index contributed by atoms with van der Waals surface area (Å²) in [5, 5.41) is 0. The second-order valence-electron chi connectivity index (χ2n) is 3.32. The standard InChI is InChI=1S/C8H14O3S/c1-11-12(9,10)7-8-5-3-2-4-6-8/h1,8H,2-7H2. The first kappa shape index (κ1) is 9.99. The quantitative estimate of drug-likeness (QED) is 0.635. The van der Waals surface area contributed by atoms with Crippen molar-refractivity contribution in [1.82, 2.24) is 0 Å². The first-order valence-corrected chi connectivity index (χ1v) is 5.83. The Morgan fingerprint density at radius 3 is 2.33 bits per heavy atom. The zero-order valence-electron chi connectivity index (χ0n) is 7.03. The maximum atomic E-state index is 10.9. The van der Waals surface area contributed by atoms with E-state index in [4.69, 9.17) is 0 Å². The highest BCUT2D eigenvalue weighted by atomic mass is 32.2. The summed E-state index contributed by atoms with van der Waals surface area (Å²) in [6.45, 7) is 0. The molecule has 1 saturated carbocycles. The average Bonchev–Trinajstić information content (AvgIpc) is 2.06. The molecule has 0 aromatic carbocycles. The van der Waals surface area contributed by atoms with Gasteiger partial charge in [0.2, 0.25) is 0 Å². The lowest BCUT2D eigenvalue weighted by molar-refractivity contribution is 0.366. The van der Waals surface area contributed by atoms with Crippen molar-refractivity contribution in [3.05, 3.63) is 7.11 Å². The molecule has 0 aromatic rings.